The maximum Gasteiger partial charge on any atom is 0.509 e. The molecule has 0 amide bonds. The van der Waals surface area contributed by atoms with Crippen molar-refractivity contribution in [2.24, 2.45) is 17.3 Å². The van der Waals surface area contributed by atoms with Gasteiger partial charge >= 0.3 is 6.16 Å². The molecule has 18 heavy (non-hydrogen) atoms. The first-order valence-electron chi connectivity index (χ1n) is 6.78. The van der Waals surface area contributed by atoms with Gasteiger partial charge in [0.15, 0.2) is 0 Å². The van der Waals surface area contributed by atoms with Gasteiger partial charge in [-0.25, -0.2) is 4.79 Å². The number of carbonyl (C=O) groups excluding carboxylic acids is 1. The molecule has 0 radical (unpaired) electrons. The Balaban J connectivity index is 4.61. The molecule has 0 unspecified atom stereocenters. The molecule has 0 aromatic rings. The van der Waals surface area contributed by atoms with E-state index in [-0.39, 0.29) is 23.4 Å². The van der Waals surface area contributed by atoms with Crippen LogP contribution in [-0.4, -0.2) is 17.9 Å². The van der Waals surface area contributed by atoms with Gasteiger partial charge in [-0.3, -0.25) is 0 Å². The molecular weight excluding hydrogens is 228 g/mol. The van der Waals surface area contributed by atoms with Crippen LogP contribution < -0.4 is 0 Å². The average Bonchev–Trinajstić information content (AvgIpc) is 2.10. The highest BCUT2D eigenvalue weighted by molar-refractivity contribution is 5.61. The number of rotatable bonds is 4. The number of carbonyl (C=O) groups is 1. The predicted octanol–water partition coefficient (Wildman–Crippen LogP) is 4.64. The molecule has 0 saturated heterocycles. The molecule has 0 aliphatic heterocycles. The maximum atomic E-state index is 11.9. The molecule has 0 N–H and O–H groups in total. The lowest BCUT2D eigenvalue weighted by Crippen LogP contribution is -2.42. The minimum Gasteiger partial charge on any atom is -0.430 e. The normalized spacial score (nSPS) is 13.3. The fraction of sp³-hybridized carbons (Fsp3) is 0.933. The molecule has 0 spiro atoms. The van der Waals surface area contributed by atoms with E-state index in [0.717, 1.165) is 0 Å². The van der Waals surface area contributed by atoms with Crippen LogP contribution in [0.1, 0.15) is 62.3 Å². The Hall–Kier alpha value is -0.730. The van der Waals surface area contributed by atoms with Crippen LogP contribution >= 0.6 is 0 Å². The maximum absolute atomic E-state index is 11.9. The summed E-state index contributed by atoms with van der Waals surface area (Å²) in [4.78, 5) is 11.9. The lowest BCUT2D eigenvalue weighted by Gasteiger charge is -2.38. The topological polar surface area (TPSA) is 35.5 Å². The third-order valence-corrected chi connectivity index (χ3v) is 3.69. The van der Waals surface area contributed by atoms with Crippen LogP contribution in [0.5, 0.6) is 0 Å². The Morgan fingerprint density at radius 1 is 0.889 bits per heavy atom. The van der Waals surface area contributed by atoms with Gasteiger partial charge in [-0.1, -0.05) is 48.5 Å². The zero-order valence-corrected chi connectivity index (χ0v) is 13.5. The van der Waals surface area contributed by atoms with Gasteiger partial charge in [0.2, 0.25) is 0 Å². The predicted molar refractivity (Wildman–Crippen MR) is 74.6 cm³/mol. The van der Waals surface area contributed by atoms with Crippen molar-refractivity contribution >= 4 is 6.16 Å². The highest BCUT2D eigenvalue weighted by atomic mass is 16.7. The third kappa shape index (κ3) is 4.87. The van der Waals surface area contributed by atoms with E-state index in [9.17, 15) is 4.79 Å². The lowest BCUT2D eigenvalue weighted by atomic mass is 9.79. The van der Waals surface area contributed by atoms with Crippen molar-refractivity contribution in [2.45, 2.75) is 74.0 Å². The SMILES string of the molecule is CC(C)C(OC(=O)OC(C)(C)C(C)(C)C)C(C)C. The summed E-state index contributed by atoms with van der Waals surface area (Å²) < 4.78 is 10.9. The molecule has 0 aromatic carbocycles. The van der Waals surface area contributed by atoms with Crippen LogP contribution in [0.25, 0.3) is 0 Å². The van der Waals surface area contributed by atoms with Crippen molar-refractivity contribution in [1.29, 1.82) is 0 Å². The van der Waals surface area contributed by atoms with E-state index in [2.05, 4.69) is 0 Å². The monoisotopic (exact) mass is 258 g/mol. The summed E-state index contributed by atoms with van der Waals surface area (Å²) in [6.07, 6.45) is -0.671. The van der Waals surface area contributed by atoms with Gasteiger partial charge in [-0.05, 0) is 25.7 Å². The molecule has 0 heterocycles. The first kappa shape index (κ1) is 17.3. The van der Waals surface area contributed by atoms with Gasteiger partial charge in [0.25, 0.3) is 0 Å². The van der Waals surface area contributed by atoms with E-state index in [0.29, 0.717) is 0 Å². The Labute approximate surface area is 112 Å². The van der Waals surface area contributed by atoms with Crippen LogP contribution in [-0.2, 0) is 9.47 Å². The molecular formula is C15H30O3. The summed E-state index contributed by atoms with van der Waals surface area (Å²) >= 11 is 0. The molecule has 3 nitrogen and oxygen atoms in total. The van der Waals surface area contributed by atoms with Crippen LogP contribution in [0.15, 0.2) is 0 Å². The Kier molecular flexibility index (Phi) is 5.70. The largest absolute Gasteiger partial charge is 0.509 e. The van der Waals surface area contributed by atoms with E-state index in [1.807, 2.05) is 62.3 Å². The van der Waals surface area contributed by atoms with E-state index in [1.165, 1.54) is 0 Å². The van der Waals surface area contributed by atoms with Crippen molar-refractivity contribution < 1.29 is 14.3 Å². The van der Waals surface area contributed by atoms with Crippen molar-refractivity contribution in [3.8, 4) is 0 Å². The van der Waals surface area contributed by atoms with E-state index in [1.54, 1.807) is 0 Å². The van der Waals surface area contributed by atoms with E-state index >= 15 is 0 Å². The highest BCUT2D eigenvalue weighted by Gasteiger charge is 2.38. The van der Waals surface area contributed by atoms with Crippen molar-refractivity contribution in [1.82, 2.24) is 0 Å². The number of hydrogen-bond acceptors (Lipinski definition) is 3. The molecule has 0 atom stereocenters. The third-order valence-electron chi connectivity index (χ3n) is 3.69. The van der Waals surface area contributed by atoms with Gasteiger partial charge in [-0.15, -0.1) is 0 Å². The Morgan fingerprint density at radius 3 is 1.56 bits per heavy atom. The molecule has 0 aliphatic carbocycles. The standard InChI is InChI=1S/C15H30O3/c1-10(2)12(11(3)4)17-13(16)18-15(8,9)14(5,6)7/h10-12H,1-9H3. The van der Waals surface area contributed by atoms with E-state index in [4.69, 9.17) is 9.47 Å². The molecule has 0 saturated carbocycles. The quantitative estimate of drug-likeness (QED) is 0.689. The second kappa shape index (κ2) is 5.94. The van der Waals surface area contributed by atoms with Crippen molar-refractivity contribution in [3.05, 3.63) is 0 Å². The molecule has 108 valence electrons. The van der Waals surface area contributed by atoms with Crippen LogP contribution in [0.4, 0.5) is 4.79 Å². The molecule has 0 aliphatic rings. The molecule has 0 fully saturated rings. The van der Waals surface area contributed by atoms with Crippen LogP contribution in [0, 0.1) is 17.3 Å². The zero-order chi connectivity index (χ0) is 14.7. The molecule has 3 heteroatoms. The lowest BCUT2D eigenvalue weighted by molar-refractivity contribution is -0.0922. The first-order valence-corrected chi connectivity index (χ1v) is 6.78. The van der Waals surface area contributed by atoms with Crippen molar-refractivity contribution in [3.63, 3.8) is 0 Å². The van der Waals surface area contributed by atoms with Crippen LogP contribution in [0.3, 0.4) is 0 Å². The number of ether oxygens (including phenoxy) is 2. The zero-order valence-electron chi connectivity index (χ0n) is 13.5. The summed E-state index contributed by atoms with van der Waals surface area (Å²) in [5, 5.41) is 0. The number of hydrogen-bond donors (Lipinski definition) is 0. The Morgan fingerprint density at radius 2 is 1.28 bits per heavy atom. The Bertz CT molecular complexity index is 264. The average molecular weight is 258 g/mol. The van der Waals surface area contributed by atoms with E-state index < -0.39 is 11.8 Å². The molecule has 0 rings (SSSR count). The van der Waals surface area contributed by atoms with Gasteiger partial charge < -0.3 is 9.47 Å². The van der Waals surface area contributed by atoms with Gasteiger partial charge in [0, 0.05) is 5.41 Å². The fourth-order valence-electron chi connectivity index (χ4n) is 1.54. The van der Waals surface area contributed by atoms with Gasteiger partial charge in [-0.2, -0.15) is 0 Å². The second-order valence-corrected chi connectivity index (χ2v) is 7.18. The second-order valence-electron chi connectivity index (χ2n) is 7.18. The summed E-state index contributed by atoms with van der Waals surface area (Å²) in [5.41, 5.74) is -0.681. The summed E-state index contributed by atoms with van der Waals surface area (Å²) in [5.74, 6) is 0.575. The smallest absolute Gasteiger partial charge is 0.430 e. The van der Waals surface area contributed by atoms with Crippen LogP contribution in [0.2, 0.25) is 0 Å². The molecule has 0 bridgehead atoms. The highest BCUT2D eigenvalue weighted by Crippen LogP contribution is 2.33. The summed E-state index contributed by atoms with van der Waals surface area (Å²) in [7, 11) is 0. The van der Waals surface area contributed by atoms with Gasteiger partial charge in [0.1, 0.15) is 11.7 Å². The van der Waals surface area contributed by atoms with Crippen molar-refractivity contribution in [2.75, 3.05) is 0 Å². The first-order chi connectivity index (χ1) is 7.88. The summed E-state index contributed by atoms with van der Waals surface area (Å²) in [6, 6.07) is 0. The van der Waals surface area contributed by atoms with Gasteiger partial charge in [0.05, 0.1) is 0 Å². The molecule has 0 aromatic heterocycles. The minimum absolute atomic E-state index is 0.103. The fourth-order valence-corrected chi connectivity index (χ4v) is 1.54. The minimum atomic E-state index is -0.567. The summed E-state index contributed by atoms with van der Waals surface area (Å²) in [6.45, 7) is 18.1.